The number of piperidine rings is 1. The number of benzene rings is 1. The van der Waals surface area contributed by atoms with Crippen LogP contribution in [-0.2, 0) is 25.7 Å². The summed E-state index contributed by atoms with van der Waals surface area (Å²) in [5.74, 6) is -0.585. The zero-order valence-corrected chi connectivity index (χ0v) is 22.7. The molecule has 0 spiro atoms. The number of halogens is 2. The van der Waals surface area contributed by atoms with Gasteiger partial charge >= 0.3 is 5.97 Å². The average molecular weight is 550 g/mol. The second kappa shape index (κ2) is 13.3. The van der Waals surface area contributed by atoms with Gasteiger partial charge in [-0.05, 0) is 50.0 Å². The van der Waals surface area contributed by atoms with Crippen LogP contribution < -0.4 is 0 Å². The summed E-state index contributed by atoms with van der Waals surface area (Å²) in [6, 6.07) is 7.72. The van der Waals surface area contributed by atoms with Gasteiger partial charge in [0.25, 0.3) is 0 Å². The van der Waals surface area contributed by atoms with Crippen LogP contribution in [0.3, 0.4) is 0 Å². The molecule has 2 heterocycles. The first-order valence-corrected chi connectivity index (χ1v) is 13.3. The molecule has 1 aliphatic heterocycles. The molecule has 7 nitrogen and oxygen atoms in total. The molecule has 200 valence electrons. The van der Waals surface area contributed by atoms with E-state index in [-0.39, 0.29) is 52.7 Å². The third kappa shape index (κ3) is 7.75. The first-order chi connectivity index (χ1) is 17.4. The monoisotopic (exact) mass is 549 g/mol. The number of ether oxygens (including phenoxy) is 1. The van der Waals surface area contributed by atoms with Gasteiger partial charge in [0.1, 0.15) is 5.82 Å². The van der Waals surface area contributed by atoms with Crippen LogP contribution in [0, 0.1) is 11.7 Å². The number of likely N-dealkylation sites (tertiary alicyclic amines) is 1. The van der Waals surface area contributed by atoms with Crippen LogP contribution >= 0.6 is 24.2 Å². The number of hydrogen-bond acceptors (Lipinski definition) is 7. The number of hydrogen-bond donors (Lipinski definition) is 0. The Kier molecular flexibility index (Phi) is 10.5. The number of thioether (sulfide) groups is 1. The highest BCUT2D eigenvalue weighted by Gasteiger charge is 2.41. The van der Waals surface area contributed by atoms with Crippen LogP contribution in [0.4, 0.5) is 4.39 Å². The molecule has 4 rings (SSSR count). The molecule has 0 radical (unpaired) electrons. The van der Waals surface area contributed by atoms with Gasteiger partial charge in [0.15, 0.2) is 10.9 Å². The van der Waals surface area contributed by atoms with Crippen LogP contribution in [0.1, 0.15) is 56.8 Å². The van der Waals surface area contributed by atoms with Gasteiger partial charge in [0.2, 0.25) is 0 Å². The van der Waals surface area contributed by atoms with E-state index in [1.807, 2.05) is 17.0 Å². The van der Waals surface area contributed by atoms with Crippen molar-refractivity contribution in [3.05, 3.63) is 59.2 Å². The van der Waals surface area contributed by atoms with E-state index in [1.165, 1.54) is 17.8 Å². The Morgan fingerprint density at radius 2 is 1.97 bits per heavy atom. The Morgan fingerprint density at radius 1 is 1.22 bits per heavy atom. The molecule has 2 aromatic rings. The summed E-state index contributed by atoms with van der Waals surface area (Å²) in [4.78, 5) is 39.0. The Bertz CT molecular complexity index is 1150. The second-order valence-corrected chi connectivity index (χ2v) is 10.6. The quantitative estimate of drug-likeness (QED) is 0.392. The van der Waals surface area contributed by atoms with E-state index >= 15 is 0 Å². The molecule has 1 aromatic heterocycles. The summed E-state index contributed by atoms with van der Waals surface area (Å²) in [6.45, 7) is 5.11. The zero-order chi connectivity index (χ0) is 25.7. The van der Waals surface area contributed by atoms with Gasteiger partial charge in [0.05, 0.1) is 31.3 Å². The van der Waals surface area contributed by atoms with Gasteiger partial charge in [-0.15, -0.1) is 12.4 Å². The lowest BCUT2D eigenvalue weighted by atomic mass is 9.93. The largest absolute Gasteiger partial charge is 0.466 e. The fourth-order valence-corrected chi connectivity index (χ4v) is 5.52. The highest BCUT2D eigenvalue weighted by atomic mass is 35.5. The molecule has 1 aromatic carbocycles. The van der Waals surface area contributed by atoms with E-state index in [1.54, 1.807) is 42.9 Å². The lowest BCUT2D eigenvalue weighted by molar-refractivity contribution is -0.143. The van der Waals surface area contributed by atoms with Crippen molar-refractivity contribution in [1.82, 2.24) is 14.7 Å². The highest BCUT2D eigenvalue weighted by Crippen LogP contribution is 2.40. The van der Waals surface area contributed by atoms with Crippen LogP contribution in [-0.4, -0.2) is 56.5 Å². The van der Waals surface area contributed by atoms with Crippen molar-refractivity contribution < 1.29 is 23.5 Å². The molecular formula is C27H33ClFN3O4S. The number of nitrogens with zero attached hydrogens (tertiary/aromatic N) is 3. The first-order valence-electron chi connectivity index (χ1n) is 12.4. The highest BCUT2D eigenvalue weighted by molar-refractivity contribution is 8.14. The van der Waals surface area contributed by atoms with Crippen LogP contribution in [0.15, 0.2) is 42.1 Å². The molecule has 37 heavy (non-hydrogen) atoms. The van der Waals surface area contributed by atoms with Gasteiger partial charge in [-0.25, -0.2) is 4.39 Å². The molecule has 0 unspecified atom stereocenters. The number of Topliss-reactive ketones (excluding diaryl/α,β-unsaturated/α-hetero) is 1. The summed E-state index contributed by atoms with van der Waals surface area (Å²) >= 11 is 1.28. The second-order valence-electron chi connectivity index (χ2n) is 9.24. The maximum atomic E-state index is 14.8. The minimum Gasteiger partial charge on any atom is -0.466 e. The summed E-state index contributed by atoms with van der Waals surface area (Å²) in [5, 5.41) is 4.54. The Hall–Kier alpha value is -2.49. The van der Waals surface area contributed by atoms with E-state index in [9.17, 15) is 18.8 Å². The molecule has 0 bridgehead atoms. The smallest absolute Gasteiger partial charge is 0.307 e. The van der Waals surface area contributed by atoms with Crippen molar-refractivity contribution in [3.8, 4) is 0 Å². The van der Waals surface area contributed by atoms with E-state index in [4.69, 9.17) is 4.74 Å². The molecule has 0 amide bonds. The summed E-state index contributed by atoms with van der Waals surface area (Å²) in [5.41, 5.74) is 2.09. The van der Waals surface area contributed by atoms with Crippen molar-refractivity contribution in [2.24, 2.45) is 5.92 Å². The van der Waals surface area contributed by atoms with E-state index in [0.29, 0.717) is 43.9 Å². The van der Waals surface area contributed by atoms with E-state index in [2.05, 4.69) is 5.10 Å². The Balaban J connectivity index is 0.00000380. The minimum atomic E-state index is -0.646. The number of aryl methyl sites for hydroxylation is 1. The van der Waals surface area contributed by atoms with Gasteiger partial charge < -0.3 is 4.74 Å². The van der Waals surface area contributed by atoms with Crippen molar-refractivity contribution in [1.29, 1.82) is 0 Å². The van der Waals surface area contributed by atoms with Crippen molar-refractivity contribution in [3.63, 3.8) is 0 Å². The molecular weight excluding hydrogens is 517 g/mol. The maximum Gasteiger partial charge on any atom is 0.307 e. The van der Waals surface area contributed by atoms with E-state index in [0.717, 1.165) is 18.4 Å². The number of rotatable bonds is 10. The Labute approximate surface area is 227 Å². The standard InChI is InChI=1S/C27H32FN3O4S.ClH/c1-3-35-25(33)12-15-31-14-10-21(29-31)16-20-17-30(13-11-24(20)36-18(2)32)26(27(34)19-8-9-19)22-6-4-5-7-23(22)28;/h4-7,10,14,16,19,24,26H,3,8-9,11-13,15,17H2,1-2H3;1H/b20-16-;/t24-,26-;/m1./s1. The SMILES string of the molecule is CCOC(=O)CCn1ccc(/C=C2/CN([C@@H](C(=O)C3CC3)c3ccccc3F)CC[C@H]2SC(C)=O)n1.Cl. The zero-order valence-electron chi connectivity index (χ0n) is 21.1. The fourth-order valence-electron chi connectivity index (χ4n) is 4.60. The number of ketones is 1. The molecule has 0 N–H and O–H groups in total. The van der Waals surface area contributed by atoms with Crippen LogP contribution in [0.2, 0.25) is 0 Å². The maximum absolute atomic E-state index is 14.8. The van der Waals surface area contributed by atoms with Crippen LogP contribution in [0.25, 0.3) is 6.08 Å². The van der Waals surface area contributed by atoms with Crippen molar-refractivity contribution in [2.75, 3.05) is 19.7 Å². The van der Waals surface area contributed by atoms with E-state index < -0.39 is 6.04 Å². The lowest BCUT2D eigenvalue weighted by Crippen LogP contribution is -2.43. The molecule has 1 saturated carbocycles. The third-order valence-corrected chi connectivity index (χ3v) is 7.60. The molecule has 2 aliphatic rings. The van der Waals surface area contributed by atoms with Crippen LogP contribution in [0.5, 0.6) is 0 Å². The first kappa shape index (κ1) is 29.1. The molecule has 10 heteroatoms. The Morgan fingerprint density at radius 3 is 2.65 bits per heavy atom. The van der Waals surface area contributed by atoms with Crippen molar-refractivity contribution >= 4 is 47.1 Å². The molecule has 2 fully saturated rings. The third-order valence-electron chi connectivity index (χ3n) is 6.45. The number of aromatic nitrogens is 2. The molecule has 1 saturated heterocycles. The summed E-state index contributed by atoms with van der Waals surface area (Å²) < 4.78 is 21.5. The molecule has 1 aliphatic carbocycles. The van der Waals surface area contributed by atoms with Gasteiger partial charge in [-0.2, -0.15) is 5.10 Å². The van der Waals surface area contributed by atoms with Crippen molar-refractivity contribution in [2.45, 2.75) is 57.4 Å². The number of carbonyl (C=O) groups is 3. The van der Waals surface area contributed by atoms with Gasteiger partial charge in [-0.1, -0.05) is 30.0 Å². The number of carbonyl (C=O) groups excluding carboxylic acids is 3. The summed E-state index contributed by atoms with van der Waals surface area (Å²) in [7, 11) is 0. The van der Waals surface area contributed by atoms with Gasteiger partial charge in [0, 0.05) is 42.9 Å². The fraction of sp³-hybridized carbons (Fsp3) is 0.481. The predicted molar refractivity (Wildman–Crippen MR) is 144 cm³/mol. The lowest BCUT2D eigenvalue weighted by Gasteiger charge is -2.38. The normalized spacial score (nSPS) is 19.8. The average Bonchev–Trinajstić information content (AvgIpc) is 3.60. The topological polar surface area (TPSA) is 81.5 Å². The molecule has 2 atom stereocenters. The summed E-state index contributed by atoms with van der Waals surface area (Å²) in [6.07, 6.45) is 6.36. The number of esters is 1. The minimum absolute atomic E-state index is 0. The van der Waals surface area contributed by atoms with Gasteiger partial charge in [-0.3, -0.25) is 24.0 Å². The predicted octanol–water partition coefficient (Wildman–Crippen LogP) is 4.86.